The summed E-state index contributed by atoms with van der Waals surface area (Å²) < 4.78 is 10.3. The number of rotatable bonds is 11. The largest absolute Gasteiger partial charge is 0.389 e. The molecule has 0 spiro atoms. The van der Waals surface area contributed by atoms with Crippen LogP contribution in [0.25, 0.3) is 0 Å². The zero-order valence-electron chi connectivity index (χ0n) is 13.6. The maximum Gasteiger partial charge on any atom is 0.107 e. The number of aryl methyl sites for hydroxylation is 1. The quantitative estimate of drug-likeness (QED) is 0.500. The number of nitrogens with zero attached hydrogens (tertiary/aromatic N) is 1. The van der Waals surface area contributed by atoms with E-state index in [2.05, 4.69) is 29.9 Å². The van der Waals surface area contributed by atoms with Crippen LogP contribution in [-0.2, 0) is 16.0 Å². The molecule has 0 aromatic heterocycles. The Labute approximate surface area is 134 Å². The Bertz CT molecular complexity index is 456. The van der Waals surface area contributed by atoms with Crippen LogP contribution >= 0.6 is 0 Å². The van der Waals surface area contributed by atoms with Gasteiger partial charge in [-0.05, 0) is 24.5 Å². The standard InChI is InChI=1S/C18H27NO3/c1-4-11-22-15-18(20)14-19(10-7-12-21-3)13-17-9-6-5-8-16(17)2/h1,5-6,8-9,18,20H,7,10-15H2,2-3H3. The lowest BCUT2D eigenvalue weighted by atomic mass is 10.1. The molecule has 1 aromatic rings. The van der Waals surface area contributed by atoms with Gasteiger partial charge in [0.25, 0.3) is 0 Å². The highest BCUT2D eigenvalue weighted by Crippen LogP contribution is 2.11. The van der Waals surface area contributed by atoms with Crippen LogP contribution in [0.2, 0.25) is 0 Å². The monoisotopic (exact) mass is 305 g/mol. The van der Waals surface area contributed by atoms with Crippen LogP contribution in [0.5, 0.6) is 0 Å². The van der Waals surface area contributed by atoms with Gasteiger partial charge in [-0.25, -0.2) is 0 Å². The van der Waals surface area contributed by atoms with Crippen LogP contribution < -0.4 is 0 Å². The summed E-state index contributed by atoms with van der Waals surface area (Å²) in [5.41, 5.74) is 2.54. The van der Waals surface area contributed by atoms with Crippen LogP contribution in [-0.4, -0.2) is 56.1 Å². The average molecular weight is 305 g/mol. The number of aliphatic hydroxyl groups excluding tert-OH is 1. The van der Waals surface area contributed by atoms with Crippen molar-refractivity contribution in [3.05, 3.63) is 35.4 Å². The SMILES string of the molecule is C#CCOCC(O)CN(CCCOC)Cc1ccccc1C. The van der Waals surface area contributed by atoms with Crippen LogP contribution in [0.4, 0.5) is 0 Å². The normalized spacial score (nSPS) is 12.3. The van der Waals surface area contributed by atoms with Crippen molar-refractivity contribution in [3.63, 3.8) is 0 Å². The minimum atomic E-state index is -0.542. The summed E-state index contributed by atoms with van der Waals surface area (Å²) in [6, 6.07) is 8.31. The maximum atomic E-state index is 10.1. The molecule has 4 nitrogen and oxygen atoms in total. The fourth-order valence-corrected chi connectivity index (χ4v) is 2.30. The van der Waals surface area contributed by atoms with Crippen molar-refractivity contribution in [1.29, 1.82) is 0 Å². The molecule has 1 atom stereocenters. The third kappa shape index (κ3) is 7.58. The number of ether oxygens (including phenoxy) is 2. The summed E-state index contributed by atoms with van der Waals surface area (Å²) in [5.74, 6) is 2.40. The van der Waals surface area contributed by atoms with Crippen molar-refractivity contribution in [2.45, 2.75) is 26.0 Å². The van der Waals surface area contributed by atoms with Gasteiger partial charge in [0, 0.05) is 33.4 Å². The smallest absolute Gasteiger partial charge is 0.107 e. The Kier molecular flexibility index (Phi) is 9.52. The highest BCUT2D eigenvalue weighted by atomic mass is 16.5. The molecule has 0 aliphatic rings. The van der Waals surface area contributed by atoms with Crippen molar-refractivity contribution in [1.82, 2.24) is 4.90 Å². The van der Waals surface area contributed by atoms with Gasteiger partial charge in [-0.1, -0.05) is 30.2 Å². The molecule has 1 unspecified atom stereocenters. The second-order valence-electron chi connectivity index (χ2n) is 5.38. The third-order valence-corrected chi connectivity index (χ3v) is 3.44. The second kappa shape index (κ2) is 11.2. The topological polar surface area (TPSA) is 41.9 Å². The fourth-order valence-electron chi connectivity index (χ4n) is 2.30. The van der Waals surface area contributed by atoms with Gasteiger partial charge in [0.15, 0.2) is 0 Å². The molecule has 1 N–H and O–H groups in total. The molecule has 122 valence electrons. The lowest BCUT2D eigenvalue weighted by Gasteiger charge is -2.25. The van der Waals surface area contributed by atoms with Crippen molar-refractivity contribution in [2.75, 3.05) is 40.0 Å². The summed E-state index contributed by atoms with van der Waals surface area (Å²) in [7, 11) is 1.70. The average Bonchev–Trinajstić information content (AvgIpc) is 2.50. The Morgan fingerprint density at radius 3 is 2.82 bits per heavy atom. The molecule has 4 heteroatoms. The van der Waals surface area contributed by atoms with E-state index in [1.807, 2.05) is 12.1 Å². The molecule has 0 saturated heterocycles. The zero-order chi connectivity index (χ0) is 16.2. The molecular formula is C18H27NO3. The van der Waals surface area contributed by atoms with Gasteiger partial charge in [0.05, 0.1) is 12.7 Å². The van der Waals surface area contributed by atoms with Gasteiger partial charge >= 0.3 is 0 Å². The van der Waals surface area contributed by atoms with E-state index in [1.54, 1.807) is 7.11 Å². The van der Waals surface area contributed by atoms with Crippen LogP contribution in [0.1, 0.15) is 17.5 Å². The highest BCUT2D eigenvalue weighted by molar-refractivity contribution is 5.25. The first-order valence-electron chi connectivity index (χ1n) is 7.62. The Hall–Kier alpha value is -1.38. The van der Waals surface area contributed by atoms with Crippen LogP contribution in [0, 0.1) is 19.3 Å². The molecule has 0 heterocycles. The third-order valence-electron chi connectivity index (χ3n) is 3.44. The van der Waals surface area contributed by atoms with E-state index in [0.29, 0.717) is 13.2 Å². The number of aliphatic hydroxyl groups is 1. The van der Waals surface area contributed by atoms with Crippen LogP contribution in [0.3, 0.4) is 0 Å². The second-order valence-corrected chi connectivity index (χ2v) is 5.38. The van der Waals surface area contributed by atoms with E-state index in [1.165, 1.54) is 11.1 Å². The molecular weight excluding hydrogens is 278 g/mol. The van der Waals surface area contributed by atoms with Gasteiger partial charge in [-0.15, -0.1) is 6.42 Å². The zero-order valence-corrected chi connectivity index (χ0v) is 13.6. The summed E-state index contributed by atoms with van der Waals surface area (Å²) in [5, 5.41) is 10.1. The molecule has 0 amide bonds. The minimum Gasteiger partial charge on any atom is -0.389 e. The number of hydrogen-bond donors (Lipinski definition) is 1. The van der Waals surface area contributed by atoms with Gasteiger partial charge in [0.2, 0.25) is 0 Å². The number of hydrogen-bond acceptors (Lipinski definition) is 4. The first kappa shape index (κ1) is 18.7. The van der Waals surface area contributed by atoms with E-state index >= 15 is 0 Å². The molecule has 0 saturated carbocycles. The Morgan fingerprint density at radius 2 is 2.14 bits per heavy atom. The van der Waals surface area contributed by atoms with E-state index in [4.69, 9.17) is 15.9 Å². The molecule has 22 heavy (non-hydrogen) atoms. The van der Waals surface area contributed by atoms with E-state index in [0.717, 1.165) is 19.5 Å². The highest BCUT2D eigenvalue weighted by Gasteiger charge is 2.13. The molecule has 0 fully saturated rings. The van der Waals surface area contributed by atoms with Crippen molar-refractivity contribution in [2.24, 2.45) is 0 Å². The summed E-state index contributed by atoms with van der Waals surface area (Å²) >= 11 is 0. The van der Waals surface area contributed by atoms with Crippen LogP contribution in [0.15, 0.2) is 24.3 Å². The predicted octanol–water partition coefficient (Wildman–Crippen LogP) is 1.84. The van der Waals surface area contributed by atoms with E-state index in [9.17, 15) is 5.11 Å². The predicted molar refractivity (Wildman–Crippen MR) is 88.6 cm³/mol. The molecule has 0 bridgehead atoms. The van der Waals surface area contributed by atoms with E-state index in [-0.39, 0.29) is 13.2 Å². The van der Waals surface area contributed by atoms with Crippen molar-refractivity contribution < 1.29 is 14.6 Å². The number of methoxy groups -OCH3 is 1. The fraction of sp³-hybridized carbons (Fsp3) is 0.556. The lowest BCUT2D eigenvalue weighted by Crippen LogP contribution is -2.35. The minimum absolute atomic E-state index is 0.235. The van der Waals surface area contributed by atoms with Crippen molar-refractivity contribution >= 4 is 0 Å². The summed E-state index contributed by atoms with van der Waals surface area (Å²) in [4.78, 5) is 2.23. The Balaban J connectivity index is 2.55. The molecule has 1 rings (SSSR count). The molecule has 0 aliphatic carbocycles. The van der Waals surface area contributed by atoms with Gasteiger partial charge in [-0.2, -0.15) is 0 Å². The Morgan fingerprint density at radius 1 is 1.36 bits per heavy atom. The first-order chi connectivity index (χ1) is 10.7. The van der Waals surface area contributed by atoms with Crippen molar-refractivity contribution in [3.8, 4) is 12.3 Å². The van der Waals surface area contributed by atoms with Gasteiger partial charge in [-0.3, -0.25) is 4.90 Å². The van der Waals surface area contributed by atoms with Gasteiger partial charge < -0.3 is 14.6 Å². The molecule has 0 aliphatic heterocycles. The van der Waals surface area contributed by atoms with Gasteiger partial charge in [0.1, 0.15) is 6.61 Å². The van der Waals surface area contributed by atoms with E-state index < -0.39 is 6.10 Å². The number of benzene rings is 1. The molecule has 0 radical (unpaired) electrons. The summed E-state index contributed by atoms with van der Waals surface area (Å²) in [6.45, 7) is 5.56. The maximum absolute atomic E-state index is 10.1. The molecule has 1 aromatic carbocycles. The first-order valence-corrected chi connectivity index (χ1v) is 7.62. The number of terminal acetylenes is 1. The summed E-state index contributed by atoms with van der Waals surface area (Å²) in [6.07, 6.45) is 5.52. The lowest BCUT2D eigenvalue weighted by molar-refractivity contribution is 0.0244.